The van der Waals surface area contributed by atoms with E-state index in [4.69, 9.17) is 15.2 Å². The van der Waals surface area contributed by atoms with Crippen LogP contribution >= 0.6 is 11.8 Å². The second kappa shape index (κ2) is 8.94. The molecule has 3 N–H and O–H groups in total. The first-order chi connectivity index (χ1) is 12.5. The average molecular weight is 381 g/mol. The quantitative estimate of drug-likeness (QED) is 0.503. The van der Waals surface area contributed by atoms with Gasteiger partial charge in [-0.05, 0) is 12.1 Å². The summed E-state index contributed by atoms with van der Waals surface area (Å²) in [7, 11) is 4.32. The van der Waals surface area contributed by atoms with Gasteiger partial charge in [0.2, 0.25) is 11.9 Å². The number of nitrogen functional groups attached to an aromatic ring is 1. The van der Waals surface area contributed by atoms with Gasteiger partial charge in [0, 0.05) is 11.8 Å². The van der Waals surface area contributed by atoms with Crippen molar-refractivity contribution < 1.29 is 23.8 Å². The molecule has 0 bridgehead atoms. The molecule has 1 aromatic carbocycles. The van der Waals surface area contributed by atoms with Gasteiger partial charge in [0.1, 0.15) is 6.54 Å². The first-order valence-corrected chi connectivity index (χ1v) is 8.37. The third-order valence-corrected chi connectivity index (χ3v) is 4.20. The summed E-state index contributed by atoms with van der Waals surface area (Å²) in [5, 5.41) is 10.7. The summed E-state index contributed by atoms with van der Waals surface area (Å²) < 4.78 is 16.3. The highest BCUT2D eigenvalue weighted by molar-refractivity contribution is 7.99. The molecule has 0 atom stereocenters. The van der Waals surface area contributed by atoms with E-state index in [9.17, 15) is 9.59 Å². The van der Waals surface area contributed by atoms with Crippen molar-refractivity contribution in [2.75, 3.05) is 38.1 Å². The van der Waals surface area contributed by atoms with Gasteiger partial charge in [-0.25, -0.2) is 0 Å². The lowest BCUT2D eigenvalue weighted by atomic mass is 10.2. The largest absolute Gasteiger partial charge is 0.493 e. The predicted molar refractivity (Wildman–Crippen MR) is 95.4 cm³/mol. The third-order valence-electron chi connectivity index (χ3n) is 3.26. The minimum absolute atomic E-state index is 0.0337. The number of thioether (sulfide) groups is 1. The minimum Gasteiger partial charge on any atom is -0.493 e. The number of methoxy groups -OCH3 is 3. The van der Waals surface area contributed by atoms with Crippen molar-refractivity contribution in [1.82, 2.24) is 14.8 Å². The number of hydrogen-bond donors (Lipinski definition) is 2. The summed E-state index contributed by atoms with van der Waals surface area (Å²) in [6, 6.07) is 5.00. The van der Waals surface area contributed by atoms with Crippen LogP contribution in [0.15, 0.2) is 23.4 Å². The van der Waals surface area contributed by atoms with Crippen molar-refractivity contribution >= 4 is 35.3 Å². The zero-order valence-corrected chi connectivity index (χ0v) is 15.3. The fourth-order valence-corrected chi connectivity index (χ4v) is 2.77. The van der Waals surface area contributed by atoms with E-state index in [0.717, 1.165) is 11.8 Å². The molecule has 10 nitrogen and oxygen atoms in total. The molecule has 11 heteroatoms. The Bertz CT molecular complexity index is 795. The summed E-state index contributed by atoms with van der Waals surface area (Å²) in [5.41, 5.74) is 6.28. The number of ether oxygens (including phenoxy) is 3. The topological polar surface area (TPSA) is 131 Å². The van der Waals surface area contributed by atoms with E-state index >= 15 is 0 Å². The highest BCUT2D eigenvalue weighted by Crippen LogP contribution is 2.29. The van der Waals surface area contributed by atoms with Crippen LogP contribution in [0.5, 0.6) is 11.5 Å². The Morgan fingerprint density at radius 2 is 1.92 bits per heavy atom. The fourth-order valence-electron chi connectivity index (χ4n) is 2.00. The van der Waals surface area contributed by atoms with E-state index < -0.39 is 5.97 Å². The molecule has 1 aromatic heterocycles. The Balaban J connectivity index is 2.06. The van der Waals surface area contributed by atoms with Crippen LogP contribution < -0.4 is 20.5 Å². The van der Waals surface area contributed by atoms with Crippen LogP contribution in [0.4, 0.5) is 11.6 Å². The lowest BCUT2D eigenvalue weighted by molar-refractivity contribution is -0.137. The van der Waals surface area contributed by atoms with Gasteiger partial charge in [-0.15, -0.1) is 10.2 Å². The summed E-state index contributed by atoms with van der Waals surface area (Å²) in [4.78, 5) is 23.6. The van der Waals surface area contributed by atoms with Crippen molar-refractivity contribution in [2.24, 2.45) is 0 Å². The molecule has 0 saturated heterocycles. The first-order valence-electron chi connectivity index (χ1n) is 7.38. The minimum atomic E-state index is -0.419. The number of carbonyl (C=O) groups excluding carboxylic acids is 2. The van der Waals surface area contributed by atoms with E-state index in [1.807, 2.05) is 0 Å². The number of hydrogen-bond acceptors (Lipinski definition) is 9. The van der Waals surface area contributed by atoms with E-state index in [2.05, 4.69) is 20.3 Å². The number of nitrogens with one attached hydrogen (secondary N) is 1. The second-order valence-corrected chi connectivity index (χ2v) is 5.85. The SMILES string of the molecule is COC(=O)CSc1nnc(N)n1CC(=O)Nc1ccc(OC)c(OC)c1. The van der Waals surface area contributed by atoms with Crippen LogP contribution in [0.2, 0.25) is 0 Å². The number of rotatable bonds is 8. The van der Waals surface area contributed by atoms with E-state index in [1.165, 1.54) is 25.9 Å². The molecule has 0 aliphatic rings. The van der Waals surface area contributed by atoms with Gasteiger partial charge in [-0.3, -0.25) is 14.2 Å². The van der Waals surface area contributed by atoms with E-state index in [0.29, 0.717) is 22.3 Å². The number of nitrogens with two attached hydrogens (primary N) is 1. The van der Waals surface area contributed by atoms with Gasteiger partial charge >= 0.3 is 5.97 Å². The molecule has 0 spiro atoms. The molecule has 140 valence electrons. The molecule has 2 aromatic rings. The second-order valence-electron chi connectivity index (χ2n) is 4.91. The summed E-state index contributed by atoms with van der Waals surface area (Å²) in [5.74, 6) is 0.381. The maximum Gasteiger partial charge on any atom is 0.316 e. The van der Waals surface area contributed by atoms with E-state index in [-0.39, 0.29) is 24.2 Å². The maximum absolute atomic E-state index is 12.3. The molecule has 0 fully saturated rings. The number of amides is 1. The molecule has 0 saturated carbocycles. The highest BCUT2D eigenvalue weighted by Gasteiger charge is 2.16. The number of anilines is 2. The summed E-state index contributed by atoms with van der Waals surface area (Å²) >= 11 is 1.08. The van der Waals surface area contributed by atoms with Crippen LogP contribution in [0.1, 0.15) is 0 Å². The Morgan fingerprint density at radius 3 is 2.58 bits per heavy atom. The van der Waals surface area contributed by atoms with Crippen LogP contribution in [-0.2, 0) is 20.9 Å². The number of nitrogens with zero attached hydrogens (tertiary/aromatic N) is 3. The third kappa shape index (κ3) is 4.79. The van der Waals surface area contributed by atoms with Gasteiger partial charge < -0.3 is 25.3 Å². The lowest BCUT2D eigenvalue weighted by Crippen LogP contribution is -2.20. The molecule has 26 heavy (non-hydrogen) atoms. The fraction of sp³-hybridized carbons (Fsp3) is 0.333. The number of aromatic nitrogens is 3. The van der Waals surface area contributed by atoms with Crippen molar-refractivity contribution in [3.8, 4) is 11.5 Å². The van der Waals surface area contributed by atoms with Crippen molar-refractivity contribution in [3.05, 3.63) is 18.2 Å². The maximum atomic E-state index is 12.3. The highest BCUT2D eigenvalue weighted by atomic mass is 32.2. The van der Waals surface area contributed by atoms with Crippen LogP contribution in [0, 0.1) is 0 Å². The lowest BCUT2D eigenvalue weighted by Gasteiger charge is -2.11. The Labute approximate surface area is 154 Å². The average Bonchev–Trinajstić information content (AvgIpc) is 2.99. The van der Waals surface area contributed by atoms with E-state index in [1.54, 1.807) is 18.2 Å². The standard InChI is InChI=1S/C15H19N5O5S/c1-23-10-5-4-9(6-11(10)24-2)17-12(21)7-20-14(16)18-19-15(20)26-8-13(22)25-3/h4-6H,7-8H2,1-3H3,(H2,16,18)(H,17,21). The normalized spacial score (nSPS) is 10.3. The molecule has 1 heterocycles. The van der Waals surface area contributed by atoms with Gasteiger partial charge in [-0.1, -0.05) is 11.8 Å². The zero-order valence-electron chi connectivity index (χ0n) is 14.5. The van der Waals surface area contributed by atoms with Crippen molar-refractivity contribution in [2.45, 2.75) is 11.7 Å². The van der Waals surface area contributed by atoms with Crippen molar-refractivity contribution in [1.29, 1.82) is 0 Å². The zero-order chi connectivity index (χ0) is 19.1. The van der Waals surface area contributed by atoms with Gasteiger partial charge in [0.25, 0.3) is 0 Å². The van der Waals surface area contributed by atoms with Crippen LogP contribution in [0.3, 0.4) is 0 Å². The van der Waals surface area contributed by atoms with Crippen LogP contribution in [-0.4, -0.2) is 53.7 Å². The molecule has 2 rings (SSSR count). The molecular formula is C15H19N5O5S. The van der Waals surface area contributed by atoms with Gasteiger partial charge in [0.05, 0.1) is 27.1 Å². The predicted octanol–water partition coefficient (Wildman–Crippen LogP) is 0.781. The number of esters is 1. The monoisotopic (exact) mass is 381 g/mol. The molecule has 0 unspecified atom stereocenters. The van der Waals surface area contributed by atoms with Gasteiger partial charge in [-0.2, -0.15) is 0 Å². The first kappa shape index (κ1) is 19.4. The smallest absolute Gasteiger partial charge is 0.316 e. The number of benzene rings is 1. The molecule has 0 aliphatic heterocycles. The Hall–Kier alpha value is -2.95. The Morgan fingerprint density at radius 1 is 1.19 bits per heavy atom. The number of carbonyl (C=O) groups is 2. The van der Waals surface area contributed by atoms with Gasteiger partial charge in [0.15, 0.2) is 16.7 Å². The Kier molecular flexibility index (Phi) is 6.67. The summed E-state index contributed by atoms with van der Waals surface area (Å²) in [6.07, 6.45) is 0. The van der Waals surface area contributed by atoms with Crippen molar-refractivity contribution in [3.63, 3.8) is 0 Å². The molecular weight excluding hydrogens is 362 g/mol. The summed E-state index contributed by atoms with van der Waals surface area (Å²) in [6.45, 7) is -0.114. The van der Waals surface area contributed by atoms with Crippen LogP contribution in [0.25, 0.3) is 0 Å². The molecule has 0 aliphatic carbocycles. The molecule has 0 radical (unpaired) electrons. The molecule has 1 amide bonds.